The number of rotatable bonds is 4. The molecular formula is C16H20N2OS. The van der Waals surface area contributed by atoms with E-state index < -0.39 is 0 Å². The van der Waals surface area contributed by atoms with Crippen LogP contribution in [0.1, 0.15) is 24.3 Å². The van der Waals surface area contributed by atoms with Crippen LogP contribution in [-0.2, 0) is 6.54 Å². The minimum atomic E-state index is 0.887. The Balaban J connectivity index is 1.68. The molecule has 3 rings (SSSR count). The quantitative estimate of drug-likeness (QED) is 0.855. The number of methoxy groups -OCH3 is 1. The molecule has 1 aliphatic rings. The highest BCUT2D eigenvalue weighted by Crippen LogP contribution is 2.25. The van der Waals surface area contributed by atoms with Crippen LogP contribution < -0.4 is 4.74 Å². The summed E-state index contributed by atoms with van der Waals surface area (Å²) in [6, 6.07) is 8.11. The first-order chi connectivity index (χ1) is 9.85. The number of benzene rings is 1. The summed E-state index contributed by atoms with van der Waals surface area (Å²) in [6.07, 6.45) is 4.04. The van der Waals surface area contributed by atoms with Crippen molar-refractivity contribution >= 4 is 11.3 Å². The molecule has 20 heavy (non-hydrogen) atoms. The lowest BCUT2D eigenvalue weighted by Gasteiger charge is -2.25. The molecule has 2 aromatic rings. The fourth-order valence-electron chi connectivity index (χ4n) is 2.59. The summed E-state index contributed by atoms with van der Waals surface area (Å²) in [4.78, 5) is 7.28. The lowest BCUT2D eigenvalue weighted by Crippen LogP contribution is -2.28. The Kier molecular flexibility index (Phi) is 4.33. The minimum Gasteiger partial charge on any atom is -0.497 e. The van der Waals surface area contributed by atoms with Gasteiger partial charge in [-0.2, -0.15) is 0 Å². The van der Waals surface area contributed by atoms with E-state index in [-0.39, 0.29) is 0 Å². The zero-order valence-corrected chi connectivity index (χ0v) is 12.7. The molecule has 3 nitrogen and oxygen atoms in total. The van der Waals surface area contributed by atoms with Crippen molar-refractivity contribution in [1.82, 2.24) is 9.88 Å². The molecule has 1 aromatic heterocycles. The van der Waals surface area contributed by atoms with Gasteiger partial charge >= 0.3 is 0 Å². The number of ether oxygens (including phenoxy) is 1. The number of aromatic nitrogens is 1. The van der Waals surface area contributed by atoms with Crippen molar-refractivity contribution in [1.29, 1.82) is 0 Å². The van der Waals surface area contributed by atoms with Gasteiger partial charge in [0.25, 0.3) is 0 Å². The van der Waals surface area contributed by atoms with Gasteiger partial charge in [0.15, 0.2) is 0 Å². The van der Waals surface area contributed by atoms with E-state index in [0.717, 1.165) is 23.6 Å². The molecule has 1 aliphatic heterocycles. The van der Waals surface area contributed by atoms with Crippen LogP contribution in [0.25, 0.3) is 11.3 Å². The summed E-state index contributed by atoms with van der Waals surface area (Å²) in [5, 5.41) is 3.37. The fourth-order valence-corrected chi connectivity index (χ4v) is 3.43. The lowest BCUT2D eigenvalue weighted by molar-refractivity contribution is 0.220. The number of likely N-dealkylation sites (tertiary alicyclic amines) is 1. The van der Waals surface area contributed by atoms with Crippen LogP contribution in [0, 0.1) is 0 Å². The molecule has 0 unspecified atom stereocenters. The fraction of sp³-hybridized carbons (Fsp3) is 0.438. The smallest absolute Gasteiger partial charge is 0.118 e. The van der Waals surface area contributed by atoms with Gasteiger partial charge in [-0.05, 0) is 50.2 Å². The molecule has 1 saturated heterocycles. The molecule has 0 spiro atoms. The molecule has 0 radical (unpaired) electrons. The summed E-state index contributed by atoms with van der Waals surface area (Å²) in [7, 11) is 1.69. The van der Waals surface area contributed by atoms with Gasteiger partial charge in [0.1, 0.15) is 10.8 Å². The highest BCUT2D eigenvalue weighted by molar-refractivity contribution is 7.09. The molecule has 0 aliphatic carbocycles. The zero-order chi connectivity index (χ0) is 13.8. The normalized spacial score (nSPS) is 16.2. The average Bonchev–Trinajstić information content (AvgIpc) is 2.97. The minimum absolute atomic E-state index is 0.887. The first kappa shape index (κ1) is 13.6. The Morgan fingerprint density at radius 1 is 1.15 bits per heavy atom. The Morgan fingerprint density at radius 2 is 1.90 bits per heavy atom. The predicted molar refractivity (Wildman–Crippen MR) is 83.2 cm³/mol. The zero-order valence-electron chi connectivity index (χ0n) is 11.8. The van der Waals surface area contributed by atoms with Crippen molar-refractivity contribution in [2.24, 2.45) is 0 Å². The standard InChI is InChI=1S/C16H20N2OS/c1-19-14-7-5-13(6-8-14)15-12-20-16(17-15)11-18-9-3-2-4-10-18/h5-8,12H,2-4,9-11H2,1H3. The van der Waals surface area contributed by atoms with Crippen LogP contribution in [0.15, 0.2) is 29.6 Å². The third-order valence-electron chi connectivity index (χ3n) is 3.75. The molecule has 0 amide bonds. The van der Waals surface area contributed by atoms with Gasteiger partial charge in [-0.3, -0.25) is 4.90 Å². The monoisotopic (exact) mass is 288 g/mol. The van der Waals surface area contributed by atoms with Crippen LogP contribution in [0.3, 0.4) is 0 Å². The summed E-state index contributed by atoms with van der Waals surface area (Å²) in [5.41, 5.74) is 2.23. The molecule has 4 heteroatoms. The van der Waals surface area contributed by atoms with Crippen LogP contribution in [-0.4, -0.2) is 30.1 Å². The SMILES string of the molecule is COc1ccc(-c2csc(CN3CCCCC3)n2)cc1. The van der Waals surface area contributed by atoms with Gasteiger partial charge in [-0.1, -0.05) is 6.42 Å². The second-order valence-electron chi connectivity index (χ2n) is 5.19. The number of hydrogen-bond donors (Lipinski definition) is 0. The summed E-state index contributed by atoms with van der Waals surface area (Å²) in [6.45, 7) is 3.44. The third-order valence-corrected chi connectivity index (χ3v) is 4.58. The second-order valence-corrected chi connectivity index (χ2v) is 6.13. The van der Waals surface area contributed by atoms with Gasteiger partial charge in [0.05, 0.1) is 19.3 Å². The highest BCUT2D eigenvalue weighted by Gasteiger charge is 2.13. The van der Waals surface area contributed by atoms with Gasteiger partial charge < -0.3 is 4.74 Å². The van der Waals surface area contributed by atoms with Crippen LogP contribution >= 0.6 is 11.3 Å². The van der Waals surface area contributed by atoms with Crippen molar-refractivity contribution in [3.8, 4) is 17.0 Å². The maximum Gasteiger partial charge on any atom is 0.118 e. The summed E-state index contributed by atoms with van der Waals surface area (Å²) in [5.74, 6) is 0.887. The first-order valence-electron chi connectivity index (χ1n) is 7.16. The van der Waals surface area contributed by atoms with Crippen molar-refractivity contribution in [3.05, 3.63) is 34.7 Å². The van der Waals surface area contributed by atoms with Gasteiger partial charge in [-0.25, -0.2) is 4.98 Å². The Labute approximate surface area is 124 Å². The number of piperidine rings is 1. The van der Waals surface area contributed by atoms with Gasteiger partial charge in [0.2, 0.25) is 0 Å². The van der Waals surface area contributed by atoms with Crippen LogP contribution in [0.4, 0.5) is 0 Å². The predicted octanol–water partition coefficient (Wildman–Crippen LogP) is 3.80. The first-order valence-corrected chi connectivity index (χ1v) is 8.04. The largest absolute Gasteiger partial charge is 0.497 e. The van der Waals surface area contributed by atoms with E-state index in [1.165, 1.54) is 37.4 Å². The highest BCUT2D eigenvalue weighted by atomic mass is 32.1. The maximum atomic E-state index is 5.19. The number of nitrogens with zero attached hydrogens (tertiary/aromatic N) is 2. The summed E-state index contributed by atoms with van der Waals surface area (Å²) >= 11 is 1.76. The van der Waals surface area contributed by atoms with Crippen molar-refractivity contribution in [2.45, 2.75) is 25.8 Å². The van der Waals surface area contributed by atoms with Gasteiger partial charge in [0, 0.05) is 10.9 Å². The second kappa shape index (κ2) is 6.37. The number of thiazole rings is 1. The molecule has 0 atom stereocenters. The molecule has 1 aromatic carbocycles. The van der Waals surface area contributed by atoms with E-state index in [1.54, 1.807) is 18.4 Å². The van der Waals surface area contributed by atoms with E-state index in [9.17, 15) is 0 Å². The van der Waals surface area contributed by atoms with Gasteiger partial charge in [-0.15, -0.1) is 11.3 Å². The van der Waals surface area contributed by atoms with Crippen LogP contribution in [0.2, 0.25) is 0 Å². The van der Waals surface area contributed by atoms with E-state index in [4.69, 9.17) is 9.72 Å². The number of hydrogen-bond acceptors (Lipinski definition) is 4. The molecule has 2 heterocycles. The van der Waals surface area contributed by atoms with E-state index >= 15 is 0 Å². The van der Waals surface area contributed by atoms with E-state index in [1.807, 2.05) is 12.1 Å². The van der Waals surface area contributed by atoms with Crippen LogP contribution in [0.5, 0.6) is 5.75 Å². The van der Waals surface area contributed by atoms with E-state index in [0.29, 0.717) is 0 Å². The Hall–Kier alpha value is -1.39. The molecule has 0 bridgehead atoms. The molecule has 1 fully saturated rings. The molecule has 106 valence electrons. The van der Waals surface area contributed by atoms with E-state index in [2.05, 4.69) is 22.4 Å². The Bertz CT molecular complexity index is 544. The van der Waals surface area contributed by atoms with Crippen molar-refractivity contribution in [3.63, 3.8) is 0 Å². The molecule has 0 saturated carbocycles. The van der Waals surface area contributed by atoms with Crippen molar-refractivity contribution in [2.75, 3.05) is 20.2 Å². The average molecular weight is 288 g/mol. The molecular weight excluding hydrogens is 268 g/mol. The summed E-state index contributed by atoms with van der Waals surface area (Å²) < 4.78 is 5.19. The van der Waals surface area contributed by atoms with Crippen molar-refractivity contribution < 1.29 is 4.74 Å². The topological polar surface area (TPSA) is 25.4 Å². The third kappa shape index (κ3) is 3.19. The maximum absolute atomic E-state index is 5.19. The lowest BCUT2D eigenvalue weighted by atomic mass is 10.1. The Morgan fingerprint density at radius 3 is 2.60 bits per heavy atom. The molecule has 0 N–H and O–H groups in total.